The maximum absolute atomic E-state index is 7.10. The van der Waals surface area contributed by atoms with E-state index in [4.69, 9.17) is 9.47 Å². The molecule has 4 aliphatic rings. The van der Waals surface area contributed by atoms with E-state index in [0.29, 0.717) is 11.8 Å². The second-order valence-corrected chi connectivity index (χ2v) is 8.37. The minimum atomic E-state index is -0.0296. The van der Waals surface area contributed by atoms with Gasteiger partial charge in [-0.15, -0.1) is 0 Å². The van der Waals surface area contributed by atoms with Crippen molar-refractivity contribution in [3.05, 3.63) is 71.3 Å². The Morgan fingerprint density at radius 2 is 1.76 bits per heavy atom. The van der Waals surface area contributed by atoms with Gasteiger partial charge in [-0.05, 0) is 48.3 Å². The van der Waals surface area contributed by atoms with E-state index in [0.717, 1.165) is 13.0 Å². The van der Waals surface area contributed by atoms with E-state index in [1.54, 1.807) is 0 Å². The molecule has 2 nitrogen and oxygen atoms in total. The third-order valence-electron chi connectivity index (χ3n) is 7.31. The van der Waals surface area contributed by atoms with Crippen molar-refractivity contribution in [2.24, 2.45) is 5.92 Å². The van der Waals surface area contributed by atoms with Crippen LogP contribution in [0.2, 0.25) is 0 Å². The summed E-state index contributed by atoms with van der Waals surface area (Å²) >= 11 is 0. The van der Waals surface area contributed by atoms with E-state index in [-0.39, 0.29) is 17.3 Å². The first kappa shape index (κ1) is 14.5. The van der Waals surface area contributed by atoms with E-state index in [2.05, 4.69) is 54.6 Å². The predicted octanol–water partition coefficient (Wildman–Crippen LogP) is 5.10. The van der Waals surface area contributed by atoms with E-state index >= 15 is 0 Å². The summed E-state index contributed by atoms with van der Waals surface area (Å²) < 4.78 is 13.5. The molecule has 2 aromatic carbocycles. The average Bonchev–Trinajstić information content (AvgIpc) is 3.15. The lowest BCUT2D eigenvalue weighted by Gasteiger charge is -2.51. The fourth-order valence-corrected chi connectivity index (χ4v) is 6.44. The fraction of sp³-hybridized carbons (Fsp3) is 0.478. The molecule has 0 N–H and O–H groups in total. The summed E-state index contributed by atoms with van der Waals surface area (Å²) in [5.74, 6) is 1.00. The van der Waals surface area contributed by atoms with E-state index in [1.165, 1.54) is 42.4 Å². The number of hydrogen-bond acceptors (Lipinski definition) is 2. The summed E-state index contributed by atoms with van der Waals surface area (Å²) in [5, 5.41) is 0. The minimum Gasteiger partial charge on any atom is -0.373 e. The second-order valence-electron chi connectivity index (χ2n) is 8.37. The van der Waals surface area contributed by atoms with E-state index in [9.17, 15) is 0 Å². The lowest BCUT2D eigenvalue weighted by Crippen LogP contribution is -2.50. The molecule has 1 saturated carbocycles. The Labute approximate surface area is 149 Å². The van der Waals surface area contributed by atoms with Crippen molar-refractivity contribution >= 4 is 0 Å². The predicted molar refractivity (Wildman–Crippen MR) is 96.4 cm³/mol. The summed E-state index contributed by atoms with van der Waals surface area (Å²) in [7, 11) is 0. The summed E-state index contributed by atoms with van der Waals surface area (Å²) in [6, 6.07) is 19.8. The van der Waals surface area contributed by atoms with Crippen LogP contribution in [0.15, 0.2) is 54.6 Å². The molecule has 0 amide bonds. The van der Waals surface area contributed by atoms with Gasteiger partial charge in [-0.25, -0.2) is 0 Å². The molecule has 128 valence electrons. The molecule has 2 bridgehead atoms. The van der Waals surface area contributed by atoms with Gasteiger partial charge in [0.2, 0.25) is 0 Å². The summed E-state index contributed by atoms with van der Waals surface area (Å²) in [6.07, 6.45) is 6.16. The molecule has 0 aromatic heterocycles. The highest BCUT2D eigenvalue weighted by Crippen LogP contribution is 2.69. The van der Waals surface area contributed by atoms with Gasteiger partial charge in [0.15, 0.2) is 0 Å². The normalized spacial score (nSPS) is 41.0. The Balaban J connectivity index is 1.57. The lowest BCUT2D eigenvalue weighted by molar-refractivity contribution is -0.196. The van der Waals surface area contributed by atoms with Gasteiger partial charge in [0.1, 0.15) is 0 Å². The van der Waals surface area contributed by atoms with Crippen molar-refractivity contribution in [1.82, 2.24) is 0 Å². The van der Waals surface area contributed by atoms with Crippen molar-refractivity contribution in [3.63, 3.8) is 0 Å². The molecule has 2 heteroatoms. The maximum Gasteiger partial charge on any atom is 0.0971 e. The standard InChI is InChI=1S/C23H24O2/c1-2-7-16(8-3-1)21-20-18-10-4-5-11-19(18)23-12-6-9-17(23)15-22(20,25-23)13-14-24-21/h1-5,7-8,10-11,17,20-21H,6,9,12-15H2/t17-,20+,21+,22-,23-/m0/s1. The van der Waals surface area contributed by atoms with Crippen molar-refractivity contribution < 1.29 is 9.47 Å². The number of benzene rings is 2. The van der Waals surface area contributed by atoms with Crippen LogP contribution >= 0.6 is 0 Å². The number of rotatable bonds is 1. The maximum atomic E-state index is 7.10. The summed E-state index contributed by atoms with van der Waals surface area (Å²) in [4.78, 5) is 0. The van der Waals surface area contributed by atoms with Gasteiger partial charge in [0.05, 0.1) is 23.9 Å². The molecule has 3 heterocycles. The van der Waals surface area contributed by atoms with Gasteiger partial charge >= 0.3 is 0 Å². The molecule has 3 fully saturated rings. The zero-order valence-corrected chi connectivity index (χ0v) is 14.5. The largest absolute Gasteiger partial charge is 0.373 e. The quantitative estimate of drug-likeness (QED) is 0.723. The Morgan fingerprint density at radius 3 is 2.68 bits per heavy atom. The first-order valence-corrected chi connectivity index (χ1v) is 9.79. The first-order valence-electron chi connectivity index (χ1n) is 9.79. The van der Waals surface area contributed by atoms with Gasteiger partial charge in [-0.1, -0.05) is 54.6 Å². The zero-order chi connectivity index (χ0) is 16.5. The zero-order valence-electron chi connectivity index (χ0n) is 14.5. The Hall–Kier alpha value is -1.64. The number of ether oxygens (including phenoxy) is 2. The summed E-state index contributed by atoms with van der Waals surface area (Å²) in [5.41, 5.74) is 4.20. The highest BCUT2D eigenvalue weighted by atomic mass is 16.5. The molecular weight excluding hydrogens is 308 g/mol. The molecule has 6 rings (SSSR count). The summed E-state index contributed by atoms with van der Waals surface area (Å²) in [6.45, 7) is 0.807. The smallest absolute Gasteiger partial charge is 0.0971 e. The SMILES string of the molecule is c1ccc([C@H]2OCC[C@@]34C[C@@H]5CCC[C@@]5(O3)c3ccccc3[C@H]24)cc1. The molecule has 2 saturated heterocycles. The second kappa shape index (κ2) is 4.96. The average molecular weight is 332 g/mol. The van der Waals surface area contributed by atoms with Gasteiger partial charge in [0, 0.05) is 12.3 Å². The molecule has 2 spiro atoms. The van der Waals surface area contributed by atoms with Crippen LogP contribution in [0.1, 0.15) is 60.8 Å². The highest BCUT2D eigenvalue weighted by Gasteiger charge is 2.67. The topological polar surface area (TPSA) is 18.5 Å². The third kappa shape index (κ3) is 1.77. The number of fused-ring (bicyclic) bond motifs is 2. The minimum absolute atomic E-state index is 0.00826. The molecule has 0 radical (unpaired) electrons. The van der Waals surface area contributed by atoms with Gasteiger partial charge in [-0.3, -0.25) is 0 Å². The van der Waals surface area contributed by atoms with Crippen molar-refractivity contribution in [2.45, 2.75) is 55.3 Å². The van der Waals surface area contributed by atoms with E-state index < -0.39 is 0 Å². The molecule has 1 aliphatic carbocycles. The third-order valence-corrected chi connectivity index (χ3v) is 7.31. The van der Waals surface area contributed by atoms with Crippen LogP contribution in [0.5, 0.6) is 0 Å². The van der Waals surface area contributed by atoms with Crippen LogP contribution in [0.3, 0.4) is 0 Å². The fourth-order valence-electron chi connectivity index (χ4n) is 6.44. The van der Waals surface area contributed by atoms with Crippen molar-refractivity contribution in [2.75, 3.05) is 6.61 Å². The molecule has 2 aromatic rings. The first-order chi connectivity index (χ1) is 12.3. The molecule has 25 heavy (non-hydrogen) atoms. The molecule has 0 unspecified atom stereocenters. The van der Waals surface area contributed by atoms with Crippen molar-refractivity contribution in [1.29, 1.82) is 0 Å². The van der Waals surface area contributed by atoms with Crippen LogP contribution in [0.4, 0.5) is 0 Å². The monoisotopic (exact) mass is 332 g/mol. The Kier molecular flexibility index (Phi) is 2.88. The number of hydrogen-bond donors (Lipinski definition) is 0. The highest BCUT2D eigenvalue weighted by molar-refractivity contribution is 5.46. The Bertz CT molecular complexity index is 816. The van der Waals surface area contributed by atoms with Crippen LogP contribution in [-0.2, 0) is 15.1 Å². The van der Waals surface area contributed by atoms with Gasteiger partial charge < -0.3 is 9.47 Å². The van der Waals surface area contributed by atoms with Crippen molar-refractivity contribution in [3.8, 4) is 0 Å². The van der Waals surface area contributed by atoms with E-state index in [1.807, 2.05) is 0 Å². The van der Waals surface area contributed by atoms with Crippen LogP contribution in [0.25, 0.3) is 0 Å². The van der Waals surface area contributed by atoms with Gasteiger partial charge in [-0.2, -0.15) is 0 Å². The molecular formula is C23H24O2. The Morgan fingerprint density at radius 1 is 0.920 bits per heavy atom. The molecule has 3 aliphatic heterocycles. The van der Waals surface area contributed by atoms with Crippen LogP contribution in [0, 0.1) is 5.92 Å². The van der Waals surface area contributed by atoms with Crippen LogP contribution < -0.4 is 0 Å². The van der Waals surface area contributed by atoms with Crippen LogP contribution in [-0.4, -0.2) is 12.2 Å². The van der Waals surface area contributed by atoms with Gasteiger partial charge in [0.25, 0.3) is 0 Å². The molecule has 5 atom stereocenters. The lowest BCUT2D eigenvalue weighted by atomic mass is 9.69.